The van der Waals surface area contributed by atoms with Crippen molar-refractivity contribution in [1.82, 2.24) is 10.2 Å². The molecule has 0 aromatic heterocycles. The van der Waals surface area contributed by atoms with Crippen molar-refractivity contribution in [3.63, 3.8) is 0 Å². The molecule has 0 saturated heterocycles. The third kappa shape index (κ3) is 3.83. The first-order valence-electron chi connectivity index (χ1n) is 8.02. The molecule has 1 rings (SSSR count). The van der Waals surface area contributed by atoms with Crippen molar-refractivity contribution in [3.8, 4) is 0 Å². The lowest BCUT2D eigenvalue weighted by atomic mass is 9.84. The van der Waals surface area contributed by atoms with Crippen LogP contribution in [-0.2, 0) is 0 Å². The fourth-order valence-electron chi connectivity index (χ4n) is 3.16. The zero-order valence-corrected chi connectivity index (χ0v) is 14.2. The summed E-state index contributed by atoms with van der Waals surface area (Å²) in [6.07, 6.45) is 1.16. The van der Waals surface area contributed by atoms with E-state index in [1.807, 2.05) is 0 Å². The predicted octanol–water partition coefficient (Wildman–Crippen LogP) is 4.16. The Kier molecular flexibility index (Phi) is 6.70. The Morgan fingerprint density at radius 3 is 2.20 bits per heavy atom. The maximum Gasteiger partial charge on any atom is 0.0504 e. The van der Waals surface area contributed by atoms with Gasteiger partial charge in [0.2, 0.25) is 0 Å². The Morgan fingerprint density at radius 1 is 1.10 bits per heavy atom. The maximum absolute atomic E-state index is 3.77. The van der Waals surface area contributed by atoms with Gasteiger partial charge in [-0.1, -0.05) is 45.0 Å². The zero-order valence-electron chi connectivity index (χ0n) is 14.2. The van der Waals surface area contributed by atoms with Gasteiger partial charge in [-0.3, -0.25) is 4.90 Å². The van der Waals surface area contributed by atoms with E-state index in [1.54, 1.807) is 0 Å². The molecule has 1 unspecified atom stereocenters. The largest absolute Gasteiger partial charge is 0.308 e. The van der Waals surface area contributed by atoms with E-state index < -0.39 is 0 Å². The van der Waals surface area contributed by atoms with Crippen LogP contribution in [0.25, 0.3) is 0 Å². The summed E-state index contributed by atoms with van der Waals surface area (Å²) in [5, 5.41) is 3.77. The normalized spacial score (nSPS) is 13.8. The molecule has 0 aliphatic carbocycles. The van der Waals surface area contributed by atoms with Gasteiger partial charge in [0.1, 0.15) is 0 Å². The average Bonchev–Trinajstić information content (AvgIpc) is 2.42. The Balaban J connectivity index is 3.14. The number of likely N-dealkylation sites (N-methyl/N-ethyl adjacent to an activating group) is 1. The van der Waals surface area contributed by atoms with E-state index in [9.17, 15) is 0 Å². The molecule has 0 saturated carbocycles. The van der Waals surface area contributed by atoms with Crippen molar-refractivity contribution in [1.29, 1.82) is 0 Å². The molecule has 0 bridgehead atoms. The molecule has 0 heterocycles. The average molecular weight is 276 g/mol. The van der Waals surface area contributed by atoms with Crippen molar-refractivity contribution < 1.29 is 0 Å². The third-order valence-corrected chi connectivity index (χ3v) is 4.38. The SMILES string of the molecule is CCCNC(c1ccccc1C)C(C)(C)N(CC)CC. The third-order valence-electron chi connectivity index (χ3n) is 4.38. The van der Waals surface area contributed by atoms with Gasteiger partial charge in [-0.25, -0.2) is 0 Å². The first kappa shape index (κ1) is 17.2. The highest BCUT2D eigenvalue weighted by Gasteiger charge is 2.35. The molecule has 0 radical (unpaired) electrons. The van der Waals surface area contributed by atoms with E-state index in [0.717, 1.165) is 26.1 Å². The number of aryl methyl sites for hydroxylation is 1. The number of benzene rings is 1. The Morgan fingerprint density at radius 2 is 1.70 bits per heavy atom. The van der Waals surface area contributed by atoms with Gasteiger partial charge in [-0.15, -0.1) is 0 Å². The molecule has 0 aliphatic heterocycles. The highest BCUT2D eigenvalue weighted by atomic mass is 15.2. The van der Waals surface area contributed by atoms with Crippen LogP contribution in [0.1, 0.15) is 58.2 Å². The predicted molar refractivity (Wildman–Crippen MR) is 89.2 cm³/mol. The topological polar surface area (TPSA) is 15.3 Å². The molecule has 1 atom stereocenters. The van der Waals surface area contributed by atoms with E-state index in [1.165, 1.54) is 11.1 Å². The van der Waals surface area contributed by atoms with Gasteiger partial charge in [-0.2, -0.15) is 0 Å². The maximum atomic E-state index is 3.77. The number of hydrogen-bond donors (Lipinski definition) is 1. The molecule has 2 nitrogen and oxygen atoms in total. The van der Waals surface area contributed by atoms with Crippen LogP contribution >= 0.6 is 0 Å². The fraction of sp³-hybridized carbons (Fsp3) is 0.667. The summed E-state index contributed by atoms with van der Waals surface area (Å²) < 4.78 is 0. The first-order valence-corrected chi connectivity index (χ1v) is 8.02. The minimum absolute atomic E-state index is 0.102. The van der Waals surface area contributed by atoms with E-state index in [-0.39, 0.29) is 5.54 Å². The van der Waals surface area contributed by atoms with Crippen LogP contribution in [0.3, 0.4) is 0 Å². The lowest BCUT2D eigenvalue weighted by molar-refractivity contribution is 0.0909. The molecule has 1 aromatic rings. The molecule has 0 spiro atoms. The molecule has 0 amide bonds. The van der Waals surface area contributed by atoms with Gasteiger partial charge < -0.3 is 5.32 Å². The first-order chi connectivity index (χ1) is 9.48. The van der Waals surface area contributed by atoms with Gasteiger partial charge in [0.05, 0.1) is 6.04 Å². The van der Waals surface area contributed by atoms with Gasteiger partial charge in [0.25, 0.3) is 0 Å². The van der Waals surface area contributed by atoms with Crippen LogP contribution in [0.5, 0.6) is 0 Å². The quantitative estimate of drug-likeness (QED) is 0.767. The highest BCUT2D eigenvalue weighted by molar-refractivity contribution is 5.31. The molecule has 0 fully saturated rings. The summed E-state index contributed by atoms with van der Waals surface area (Å²) in [5.74, 6) is 0. The second kappa shape index (κ2) is 7.80. The molecule has 1 aromatic carbocycles. The molecule has 2 heteroatoms. The lowest BCUT2D eigenvalue weighted by Gasteiger charge is -2.44. The van der Waals surface area contributed by atoms with Crippen LogP contribution in [0.2, 0.25) is 0 Å². The summed E-state index contributed by atoms with van der Waals surface area (Å²) >= 11 is 0. The van der Waals surface area contributed by atoms with E-state index in [0.29, 0.717) is 6.04 Å². The van der Waals surface area contributed by atoms with Crippen molar-refractivity contribution >= 4 is 0 Å². The van der Waals surface area contributed by atoms with Crippen LogP contribution in [0, 0.1) is 6.92 Å². The summed E-state index contributed by atoms with van der Waals surface area (Å²) in [7, 11) is 0. The van der Waals surface area contributed by atoms with Crippen LogP contribution < -0.4 is 5.32 Å². The minimum atomic E-state index is 0.102. The number of rotatable bonds is 8. The summed E-state index contributed by atoms with van der Waals surface area (Å²) in [4.78, 5) is 2.55. The Bertz CT molecular complexity index is 394. The summed E-state index contributed by atoms with van der Waals surface area (Å²) in [6.45, 7) is 16.9. The second-order valence-electron chi connectivity index (χ2n) is 6.07. The van der Waals surface area contributed by atoms with Crippen molar-refractivity contribution in [2.24, 2.45) is 0 Å². The monoisotopic (exact) mass is 276 g/mol. The summed E-state index contributed by atoms with van der Waals surface area (Å²) in [5.41, 5.74) is 2.91. The number of nitrogens with zero attached hydrogens (tertiary/aromatic N) is 1. The van der Waals surface area contributed by atoms with Gasteiger partial charge in [-0.05, 0) is 58.0 Å². The number of hydrogen-bond acceptors (Lipinski definition) is 2. The Labute approximate surface area is 125 Å². The van der Waals surface area contributed by atoms with Crippen LogP contribution in [0.4, 0.5) is 0 Å². The van der Waals surface area contributed by atoms with Crippen molar-refractivity contribution in [2.45, 2.75) is 59.5 Å². The Hall–Kier alpha value is -0.860. The van der Waals surface area contributed by atoms with E-state index in [4.69, 9.17) is 0 Å². The van der Waals surface area contributed by atoms with Crippen molar-refractivity contribution in [2.75, 3.05) is 19.6 Å². The minimum Gasteiger partial charge on any atom is -0.308 e. The van der Waals surface area contributed by atoms with Gasteiger partial charge in [0.15, 0.2) is 0 Å². The molecule has 1 N–H and O–H groups in total. The molecular formula is C18H32N2. The van der Waals surface area contributed by atoms with Gasteiger partial charge in [0, 0.05) is 5.54 Å². The van der Waals surface area contributed by atoms with E-state index in [2.05, 4.69) is 76.0 Å². The standard InChI is InChI=1S/C18H32N2/c1-7-14-19-17(16-13-11-10-12-15(16)4)18(5,6)20(8-2)9-3/h10-13,17,19H,7-9,14H2,1-6H3. The fourth-order valence-corrected chi connectivity index (χ4v) is 3.16. The highest BCUT2D eigenvalue weighted by Crippen LogP contribution is 2.32. The smallest absolute Gasteiger partial charge is 0.0504 e. The van der Waals surface area contributed by atoms with Crippen LogP contribution in [0.15, 0.2) is 24.3 Å². The summed E-state index contributed by atoms with van der Waals surface area (Å²) in [6, 6.07) is 9.13. The van der Waals surface area contributed by atoms with Crippen molar-refractivity contribution in [3.05, 3.63) is 35.4 Å². The van der Waals surface area contributed by atoms with E-state index >= 15 is 0 Å². The van der Waals surface area contributed by atoms with Gasteiger partial charge >= 0.3 is 0 Å². The molecule has 20 heavy (non-hydrogen) atoms. The second-order valence-corrected chi connectivity index (χ2v) is 6.07. The molecule has 0 aliphatic rings. The molecule has 114 valence electrons. The zero-order chi connectivity index (χ0) is 15.2. The number of nitrogens with one attached hydrogen (secondary N) is 1. The lowest BCUT2D eigenvalue weighted by Crippen LogP contribution is -2.52. The van der Waals surface area contributed by atoms with Crippen LogP contribution in [-0.4, -0.2) is 30.1 Å². The molecular weight excluding hydrogens is 244 g/mol.